The zero-order valence-electron chi connectivity index (χ0n) is 12.0. The van der Waals surface area contributed by atoms with E-state index >= 15 is 0 Å². The third kappa shape index (κ3) is 3.57. The highest BCUT2D eigenvalue weighted by Gasteiger charge is 2.34. The lowest BCUT2D eigenvalue weighted by Crippen LogP contribution is -2.47. The Morgan fingerprint density at radius 1 is 1.57 bits per heavy atom. The normalized spacial score (nSPS) is 20.8. The first-order valence-electron chi connectivity index (χ1n) is 6.63. The molecule has 1 aliphatic heterocycles. The van der Waals surface area contributed by atoms with Gasteiger partial charge in [-0.05, 0) is 19.8 Å². The van der Waals surface area contributed by atoms with Crippen LogP contribution in [0.1, 0.15) is 24.5 Å². The zero-order chi connectivity index (χ0) is 15.6. The summed E-state index contributed by atoms with van der Waals surface area (Å²) in [7, 11) is -2.27. The number of piperidine rings is 1. The molecule has 1 aromatic heterocycles. The van der Waals surface area contributed by atoms with E-state index in [-0.39, 0.29) is 13.1 Å². The van der Waals surface area contributed by atoms with E-state index in [0.717, 1.165) is 4.31 Å². The molecule has 1 fully saturated rings. The van der Waals surface area contributed by atoms with E-state index in [9.17, 15) is 13.2 Å². The van der Waals surface area contributed by atoms with Gasteiger partial charge in [0.05, 0.1) is 12.5 Å². The maximum absolute atomic E-state index is 12.5. The topological polar surface area (TPSA) is 119 Å². The van der Waals surface area contributed by atoms with Gasteiger partial charge in [-0.2, -0.15) is 22.1 Å². The number of nitrogens with one attached hydrogen (secondary N) is 1. The number of aryl methyl sites for hydroxylation is 1. The summed E-state index contributed by atoms with van der Waals surface area (Å²) in [5, 5.41) is 15.6. The highest BCUT2D eigenvalue weighted by molar-refractivity contribution is 7.86. The summed E-state index contributed by atoms with van der Waals surface area (Å²) in [5.41, 5.74) is 0. The Morgan fingerprint density at radius 2 is 2.29 bits per heavy atom. The minimum Gasteiger partial charge on any atom is -0.481 e. The van der Waals surface area contributed by atoms with Crippen molar-refractivity contribution in [2.24, 2.45) is 5.92 Å². The molecule has 1 unspecified atom stereocenters. The van der Waals surface area contributed by atoms with E-state index in [1.807, 2.05) is 0 Å². The number of carboxylic acids is 1. The smallest absolute Gasteiger partial charge is 0.307 e. The van der Waals surface area contributed by atoms with Crippen LogP contribution in [-0.4, -0.2) is 63.4 Å². The van der Waals surface area contributed by atoms with Gasteiger partial charge in [-0.1, -0.05) is 0 Å². The summed E-state index contributed by atoms with van der Waals surface area (Å²) in [6.45, 7) is 2.12. The molecule has 0 spiro atoms. The van der Waals surface area contributed by atoms with Crippen LogP contribution in [0.5, 0.6) is 0 Å². The highest BCUT2D eigenvalue weighted by atomic mass is 32.2. The van der Waals surface area contributed by atoms with Crippen molar-refractivity contribution in [2.75, 3.05) is 20.1 Å². The van der Waals surface area contributed by atoms with Crippen molar-refractivity contribution in [1.29, 1.82) is 0 Å². The number of carbonyl (C=O) groups is 1. The largest absolute Gasteiger partial charge is 0.481 e. The Balaban J connectivity index is 2.07. The van der Waals surface area contributed by atoms with Crippen molar-refractivity contribution in [2.45, 2.75) is 26.3 Å². The molecular weight excluding hydrogens is 298 g/mol. The van der Waals surface area contributed by atoms with Gasteiger partial charge in [-0.3, -0.25) is 9.89 Å². The summed E-state index contributed by atoms with van der Waals surface area (Å²) >= 11 is 0. The first-order valence-corrected chi connectivity index (χ1v) is 8.02. The number of nitrogens with zero attached hydrogens (tertiary/aromatic N) is 4. The minimum absolute atomic E-state index is 0.00896. The van der Waals surface area contributed by atoms with Gasteiger partial charge in [0.1, 0.15) is 5.82 Å². The monoisotopic (exact) mass is 317 g/mol. The van der Waals surface area contributed by atoms with Crippen LogP contribution in [0.15, 0.2) is 0 Å². The molecule has 21 heavy (non-hydrogen) atoms. The fourth-order valence-electron chi connectivity index (χ4n) is 2.29. The second-order valence-corrected chi connectivity index (χ2v) is 7.17. The van der Waals surface area contributed by atoms with Crippen LogP contribution in [0, 0.1) is 12.8 Å². The molecule has 0 bridgehead atoms. The van der Waals surface area contributed by atoms with Crippen LogP contribution in [0.25, 0.3) is 0 Å². The maximum Gasteiger partial charge on any atom is 0.307 e. The molecule has 118 valence electrons. The van der Waals surface area contributed by atoms with Gasteiger partial charge in [0.2, 0.25) is 0 Å². The highest BCUT2D eigenvalue weighted by Crippen LogP contribution is 2.21. The van der Waals surface area contributed by atoms with E-state index in [1.54, 1.807) is 6.92 Å². The van der Waals surface area contributed by atoms with E-state index in [4.69, 9.17) is 5.11 Å². The molecule has 2 rings (SSSR count). The fraction of sp³-hybridized carbons (Fsp3) is 0.727. The van der Waals surface area contributed by atoms with E-state index in [0.29, 0.717) is 31.0 Å². The van der Waals surface area contributed by atoms with Gasteiger partial charge in [-0.15, -0.1) is 0 Å². The summed E-state index contributed by atoms with van der Waals surface area (Å²) in [4.78, 5) is 15.1. The number of hydrogen-bond acceptors (Lipinski definition) is 5. The van der Waals surface area contributed by atoms with Gasteiger partial charge in [0.25, 0.3) is 10.2 Å². The van der Waals surface area contributed by atoms with Crippen molar-refractivity contribution in [3.63, 3.8) is 0 Å². The standard InChI is InChI=1S/C11H19N5O4S/c1-8-12-10(14-13-8)7-15(2)21(19,20)16-5-3-4-9(6-16)11(17)18/h9H,3-7H2,1-2H3,(H,17,18)(H,12,13,14). The van der Waals surface area contributed by atoms with Crippen molar-refractivity contribution < 1.29 is 18.3 Å². The third-order valence-corrected chi connectivity index (χ3v) is 5.36. The molecule has 2 N–H and O–H groups in total. The molecule has 0 saturated carbocycles. The second kappa shape index (κ2) is 6.08. The molecule has 0 amide bonds. The van der Waals surface area contributed by atoms with Crippen LogP contribution in [0.4, 0.5) is 0 Å². The number of hydrogen-bond donors (Lipinski definition) is 2. The number of carboxylic acid groups (broad SMARTS) is 1. The quantitative estimate of drug-likeness (QED) is 0.761. The lowest BCUT2D eigenvalue weighted by Gasteiger charge is -2.32. The predicted octanol–water partition coefficient (Wildman–Crippen LogP) is -0.414. The molecule has 0 radical (unpaired) electrons. The van der Waals surface area contributed by atoms with Gasteiger partial charge in [-0.25, -0.2) is 4.98 Å². The lowest BCUT2D eigenvalue weighted by molar-refractivity contribution is -0.142. The molecule has 1 saturated heterocycles. The Morgan fingerprint density at radius 3 is 2.86 bits per heavy atom. The summed E-state index contributed by atoms with van der Waals surface area (Å²) in [6.07, 6.45) is 1.05. The van der Waals surface area contributed by atoms with Crippen LogP contribution in [-0.2, 0) is 21.5 Å². The Kier molecular flexibility index (Phi) is 4.59. The Hall–Kier alpha value is -1.52. The maximum atomic E-state index is 12.5. The van der Waals surface area contributed by atoms with Crippen molar-refractivity contribution in [3.05, 3.63) is 11.6 Å². The van der Waals surface area contributed by atoms with E-state index < -0.39 is 22.1 Å². The van der Waals surface area contributed by atoms with Crippen molar-refractivity contribution in [1.82, 2.24) is 23.8 Å². The molecule has 1 aromatic rings. The van der Waals surface area contributed by atoms with Crippen LogP contribution < -0.4 is 0 Å². The number of aromatic nitrogens is 3. The van der Waals surface area contributed by atoms with Crippen LogP contribution >= 0.6 is 0 Å². The molecule has 9 nitrogen and oxygen atoms in total. The number of aromatic amines is 1. The number of rotatable bonds is 5. The molecule has 0 aromatic carbocycles. The first kappa shape index (κ1) is 15.9. The molecule has 1 aliphatic rings. The lowest BCUT2D eigenvalue weighted by atomic mass is 10.0. The van der Waals surface area contributed by atoms with E-state index in [1.165, 1.54) is 11.4 Å². The number of H-pyrrole nitrogens is 1. The van der Waals surface area contributed by atoms with Gasteiger partial charge in [0, 0.05) is 20.1 Å². The minimum atomic E-state index is -3.71. The summed E-state index contributed by atoms with van der Waals surface area (Å²) < 4.78 is 27.3. The summed E-state index contributed by atoms with van der Waals surface area (Å²) in [6, 6.07) is 0. The molecule has 0 aliphatic carbocycles. The molecule has 2 heterocycles. The molecular formula is C11H19N5O4S. The first-order chi connectivity index (χ1) is 9.80. The van der Waals surface area contributed by atoms with Crippen molar-refractivity contribution >= 4 is 16.2 Å². The fourth-order valence-corrected chi connectivity index (χ4v) is 3.69. The Labute approximate surface area is 123 Å². The predicted molar refractivity (Wildman–Crippen MR) is 73.4 cm³/mol. The SMILES string of the molecule is Cc1nc(CN(C)S(=O)(=O)N2CCCC(C(=O)O)C2)n[nH]1. The van der Waals surface area contributed by atoms with Gasteiger partial charge >= 0.3 is 5.97 Å². The summed E-state index contributed by atoms with van der Waals surface area (Å²) in [5.74, 6) is -0.611. The van der Waals surface area contributed by atoms with E-state index in [2.05, 4.69) is 15.2 Å². The zero-order valence-corrected chi connectivity index (χ0v) is 12.8. The van der Waals surface area contributed by atoms with Crippen LogP contribution in [0.3, 0.4) is 0 Å². The van der Waals surface area contributed by atoms with Crippen molar-refractivity contribution in [3.8, 4) is 0 Å². The third-order valence-electron chi connectivity index (χ3n) is 3.46. The Bertz CT molecular complexity index is 614. The average molecular weight is 317 g/mol. The average Bonchev–Trinajstić information content (AvgIpc) is 2.84. The number of aliphatic carboxylic acids is 1. The molecule has 10 heteroatoms. The van der Waals surface area contributed by atoms with Crippen LogP contribution in [0.2, 0.25) is 0 Å². The second-order valence-electron chi connectivity index (χ2n) is 5.14. The van der Waals surface area contributed by atoms with Gasteiger partial charge in [0.15, 0.2) is 5.82 Å². The van der Waals surface area contributed by atoms with Gasteiger partial charge < -0.3 is 5.11 Å². The molecule has 1 atom stereocenters.